The molecule has 0 aromatic carbocycles. The molecule has 6 aromatic heterocycles. The van der Waals surface area contributed by atoms with Crippen LogP contribution >= 0.6 is 0 Å². The van der Waals surface area contributed by atoms with Crippen molar-refractivity contribution in [2.24, 2.45) is 0 Å². The number of pyridine rings is 3. The lowest BCUT2D eigenvalue weighted by molar-refractivity contribution is 0.220. The van der Waals surface area contributed by atoms with Crippen molar-refractivity contribution in [3.63, 3.8) is 0 Å². The predicted octanol–water partition coefficient (Wildman–Crippen LogP) is 4.58. The lowest BCUT2D eigenvalue weighted by atomic mass is 10.1. The minimum absolute atomic E-state index is 0.237. The zero-order chi connectivity index (χ0) is 25.6. The van der Waals surface area contributed by atoms with Crippen molar-refractivity contribution in [3.05, 3.63) is 66.5 Å². The highest BCUT2D eigenvalue weighted by Gasteiger charge is 2.22. The fourth-order valence-electron chi connectivity index (χ4n) is 5.19. The van der Waals surface area contributed by atoms with Crippen LogP contribution in [0.15, 0.2) is 49.4 Å². The normalized spacial score (nSPS) is 14.6. The number of hydrogen-bond donors (Lipinski definition) is 2. The van der Waals surface area contributed by atoms with Crippen molar-refractivity contribution >= 4 is 21.9 Å². The number of H-pyrrole nitrogens is 2. The van der Waals surface area contributed by atoms with Crippen LogP contribution in [0, 0.1) is 12.7 Å². The second-order valence-corrected chi connectivity index (χ2v) is 9.74. The maximum atomic E-state index is 16.1. The van der Waals surface area contributed by atoms with Crippen molar-refractivity contribution in [3.8, 4) is 28.6 Å². The van der Waals surface area contributed by atoms with Gasteiger partial charge in [-0.2, -0.15) is 5.10 Å². The van der Waals surface area contributed by atoms with E-state index in [4.69, 9.17) is 4.98 Å². The number of aromatic nitrogens is 9. The van der Waals surface area contributed by atoms with E-state index in [2.05, 4.69) is 40.0 Å². The molecule has 190 valence electrons. The van der Waals surface area contributed by atoms with E-state index in [9.17, 15) is 0 Å². The Morgan fingerprint density at radius 2 is 1.89 bits per heavy atom. The maximum Gasteiger partial charge on any atom is 0.166 e. The van der Waals surface area contributed by atoms with E-state index in [1.165, 1.54) is 19.3 Å². The Kier molecular flexibility index (Phi) is 5.43. The van der Waals surface area contributed by atoms with Gasteiger partial charge in [-0.3, -0.25) is 24.5 Å². The number of likely N-dealkylation sites (tertiary alicyclic amines) is 1. The molecule has 10 nitrogen and oxygen atoms in total. The SMILES string of the molecule is Cc1cn(-c2nccc3[nH]c(-c4n[nH]c5cnc(-c6cncc(CN7CCCCC7)c6)c(F)c45)nc23)cn1. The fraction of sp³-hybridized carbons (Fsp3) is 0.259. The van der Waals surface area contributed by atoms with Crippen LogP contribution in [0.25, 0.3) is 50.5 Å². The van der Waals surface area contributed by atoms with Crippen molar-refractivity contribution in [1.82, 2.24) is 49.6 Å². The molecule has 1 aliphatic rings. The van der Waals surface area contributed by atoms with Gasteiger partial charge in [-0.1, -0.05) is 6.42 Å². The molecule has 7 heterocycles. The summed E-state index contributed by atoms with van der Waals surface area (Å²) in [6.45, 7) is 4.87. The van der Waals surface area contributed by atoms with Gasteiger partial charge in [-0.15, -0.1) is 0 Å². The number of fused-ring (bicyclic) bond motifs is 2. The molecule has 0 unspecified atom stereocenters. The summed E-state index contributed by atoms with van der Waals surface area (Å²) in [6.07, 6.45) is 14.1. The van der Waals surface area contributed by atoms with E-state index in [0.29, 0.717) is 39.3 Å². The van der Waals surface area contributed by atoms with E-state index < -0.39 is 5.82 Å². The van der Waals surface area contributed by atoms with Crippen molar-refractivity contribution in [2.75, 3.05) is 13.1 Å². The van der Waals surface area contributed by atoms with E-state index >= 15 is 4.39 Å². The van der Waals surface area contributed by atoms with Gasteiger partial charge < -0.3 is 4.98 Å². The highest BCUT2D eigenvalue weighted by molar-refractivity contribution is 5.95. The monoisotopic (exact) mass is 508 g/mol. The molecule has 11 heteroatoms. The number of nitrogens with zero attached hydrogens (tertiary/aromatic N) is 8. The molecular weight excluding hydrogens is 483 g/mol. The van der Waals surface area contributed by atoms with Gasteiger partial charge in [-0.05, 0) is 50.6 Å². The summed E-state index contributed by atoms with van der Waals surface area (Å²) in [5.41, 5.74) is 5.06. The van der Waals surface area contributed by atoms with Gasteiger partial charge in [0.05, 0.1) is 28.3 Å². The summed E-state index contributed by atoms with van der Waals surface area (Å²) in [5, 5.41) is 7.62. The van der Waals surface area contributed by atoms with Gasteiger partial charge in [0.2, 0.25) is 0 Å². The summed E-state index contributed by atoms with van der Waals surface area (Å²) >= 11 is 0. The Balaban J connectivity index is 1.29. The molecular formula is C27H25FN10. The van der Waals surface area contributed by atoms with E-state index in [1.54, 1.807) is 24.9 Å². The fourth-order valence-corrected chi connectivity index (χ4v) is 5.19. The van der Waals surface area contributed by atoms with Gasteiger partial charge in [-0.25, -0.2) is 19.3 Å². The molecule has 0 amide bonds. The predicted molar refractivity (Wildman–Crippen MR) is 141 cm³/mol. The molecule has 0 spiro atoms. The van der Waals surface area contributed by atoms with Crippen LogP contribution in [0.1, 0.15) is 30.5 Å². The third kappa shape index (κ3) is 3.91. The first-order chi connectivity index (χ1) is 18.6. The molecule has 0 saturated carbocycles. The third-order valence-corrected chi connectivity index (χ3v) is 7.03. The highest BCUT2D eigenvalue weighted by atomic mass is 19.1. The van der Waals surface area contributed by atoms with E-state index in [1.807, 2.05) is 36.0 Å². The zero-order valence-corrected chi connectivity index (χ0v) is 20.8. The van der Waals surface area contributed by atoms with Gasteiger partial charge in [0.1, 0.15) is 23.2 Å². The molecule has 2 N–H and O–H groups in total. The lowest BCUT2D eigenvalue weighted by Gasteiger charge is -2.26. The number of nitrogens with one attached hydrogen (secondary N) is 2. The molecule has 38 heavy (non-hydrogen) atoms. The number of aryl methyl sites for hydroxylation is 1. The molecule has 0 radical (unpaired) electrons. The topological polar surface area (TPSA) is 117 Å². The van der Waals surface area contributed by atoms with Gasteiger partial charge >= 0.3 is 0 Å². The molecule has 1 saturated heterocycles. The quantitative estimate of drug-likeness (QED) is 0.350. The molecule has 7 rings (SSSR count). The standard InChI is InChI=1S/C27H25FN10/c1-16-13-38(15-32-16)27-24-19(5-6-30-27)33-26(34-24)25-21-20(35-36-25)12-31-23(22(21)28)18-9-17(10-29-11-18)14-37-7-3-2-4-8-37/h5-6,9-13,15H,2-4,7-8,14H2,1H3,(H,33,34)(H,35,36). The average Bonchev–Trinajstić information content (AvgIpc) is 3.67. The molecule has 6 aromatic rings. The maximum absolute atomic E-state index is 16.1. The smallest absolute Gasteiger partial charge is 0.166 e. The summed E-state index contributed by atoms with van der Waals surface area (Å²) in [5.74, 6) is 0.599. The average molecular weight is 509 g/mol. The second-order valence-electron chi connectivity index (χ2n) is 9.74. The van der Waals surface area contributed by atoms with E-state index in [0.717, 1.165) is 36.4 Å². The minimum Gasteiger partial charge on any atom is -0.336 e. The summed E-state index contributed by atoms with van der Waals surface area (Å²) in [7, 11) is 0. The summed E-state index contributed by atoms with van der Waals surface area (Å²) in [4.78, 5) is 28.0. The Hall–Kier alpha value is -4.51. The van der Waals surface area contributed by atoms with Gasteiger partial charge in [0, 0.05) is 36.9 Å². The van der Waals surface area contributed by atoms with Crippen LogP contribution in [-0.2, 0) is 6.54 Å². The Morgan fingerprint density at radius 3 is 2.74 bits per heavy atom. The van der Waals surface area contributed by atoms with Crippen LogP contribution in [0.4, 0.5) is 4.39 Å². The van der Waals surface area contributed by atoms with Crippen molar-refractivity contribution in [1.29, 1.82) is 0 Å². The second kappa shape index (κ2) is 9.10. The number of piperidine rings is 1. The number of hydrogen-bond acceptors (Lipinski definition) is 7. The van der Waals surface area contributed by atoms with Crippen LogP contribution in [0.3, 0.4) is 0 Å². The minimum atomic E-state index is -0.466. The molecule has 0 aliphatic carbocycles. The molecule has 1 fully saturated rings. The number of aromatic amines is 2. The first-order valence-electron chi connectivity index (χ1n) is 12.7. The number of rotatable bonds is 5. The van der Waals surface area contributed by atoms with Crippen LogP contribution < -0.4 is 0 Å². The van der Waals surface area contributed by atoms with Crippen LogP contribution in [0.5, 0.6) is 0 Å². The lowest BCUT2D eigenvalue weighted by Crippen LogP contribution is -2.29. The summed E-state index contributed by atoms with van der Waals surface area (Å²) in [6, 6.07) is 3.81. The van der Waals surface area contributed by atoms with Gasteiger partial charge in [0.25, 0.3) is 0 Å². The van der Waals surface area contributed by atoms with Crippen molar-refractivity contribution < 1.29 is 4.39 Å². The largest absolute Gasteiger partial charge is 0.336 e. The Morgan fingerprint density at radius 1 is 1.00 bits per heavy atom. The highest BCUT2D eigenvalue weighted by Crippen LogP contribution is 2.33. The first-order valence-corrected chi connectivity index (χ1v) is 12.7. The Labute approximate surface area is 217 Å². The van der Waals surface area contributed by atoms with Crippen LogP contribution in [0.2, 0.25) is 0 Å². The third-order valence-electron chi connectivity index (χ3n) is 7.03. The Bertz CT molecular complexity index is 1780. The van der Waals surface area contributed by atoms with Gasteiger partial charge in [0.15, 0.2) is 17.5 Å². The van der Waals surface area contributed by atoms with Crippen molar-refractivity contribution in [2.45, 2.75) is 32.7 Å². The molecule has 0 atom stereocenters. The van der Waals surface area contributed by atoms with Crippen LogP contribution in [-0.4, -0.2) is 62.7 Å². The zero-order valence-electron chi connectivity index (χ0n) is 20.8. The number of halogens is 1. The van der Waals surface area contributed by atoms with E-state index in [-0.39, 0.29) is 5.69 Å². The first kappa shape index (κ1) is 22.7. The summed E-state index contributed by atoms with van der Waals surface area (Å²) < 4.78 is 17.9. The molecule has 0 bridgehead atoms. The number of imidazole rings is 2. The molecule has 1 aliphatic heterocycles.